The lowest BCUT2D eigenvalue weighted by Crippen LogP contribution is -2.16. The van der Waals surface area contributed by atoms with Crippen LogP contribution in [0.25, 0.3) is 0 Å². The topological polar surface area (TPSA) is 117 Å². The van der Waals surface area contributed by atoms with Crippen molar-refractivity contribution >= 4 is 17.7 Å². The largest absolute Gasteiger partial charge is 0.481 e. The van der Waals surface area contributed by atoms with Gasteiger partial charge in [0.15, 0.2) is 0 Å². The summed E-state index contributed by atoms with van der Waals surface area (Å²) in [6, 6.07) is 12.7. The minimum absolute atomic E-state index is 0.0354. The first kappa shape index (κ1) is 19.4. The Morgan fingerprint density at radius 2 is 1.73 bits per heavy atom. The van der Waals surface area contributed by atoms with Crippen molar-refractivity contribution in [1.82, 2.24) is 4.57 Å². The van der Waals surface area contributed by atoms with Gasteiger partial charge >= 0.3 is 11.9 Å². The quantitative estimate of drug-likeness (QED) is 0.677. The van der Waals surface area contributed by atoms with Crippen molar-refractivity contribution in [3.8, 4) is 0 Å². The summed E-state index contributed by atoms with van der Waals surface area (Å²) in [5.74, 6) is -2.13. The first-order valence-electron chi connectivity index (χ1n) is 8.27. The molecule has 0 amide bonds. The molecular weight excluding hydrogens is 338 g/mol. The van der Waals surface area contributed by atoms with E-state index in [-0.39, 0.29) is 18.8 Å². The van der Waals surface area contributed by atoms with E-state index in [1.165, 1.54) is 0 Å². The molecule has 0 radical (unpaired) electrons. The maximum absolute atomic E-state index is 12.4. The third-order valence-corrected chi connectivity index (χ3v) is 4.10. The van der Waals surface area contributed by atoms with Gasteiger partial charge in [-0.25, -0.2) is 0 Å². The van der Waals surface area contributed by atoms with Gasteiger partial charge < -0.3 is 19.9 Å². The molecule has 0 fully saturated rings. The van der Waals surface area contributed by atoms with E-state index in [9.17, 15) is 14.4 Å². The number of aliphatic hydroxyl groups excluding tert-OH is 1. The third-order valence-electron chi connectivity index (χ3n) is 4.10. The minimum Gasteiger partial charge on any atom is -0.481 e. The Morgan fingerprint density at radius 3 is 2.27 bits per heavy atom. The number of benzene rings is 1. The van der Waals surface area contributed by atoms with E-state index < -0.39 is 17.9 Å². The number of carboxylic acid groups (broad SMARTS) is 2. The highest BCUT2D eigenvalue weighted by atomic mass is 16.4. The van der Waals surface area contributed by atoms with E-state index in [2.05, 4.69) is 0 Å². The van der Waals surface area contributed by atoms with Crippen LogP contribution in [0.3, 0.4) is 0 Å². The van der Waals surface area contributed by atoms with E-state index in [4.69, 9.17) is 15.3 Å². The second-order valence-corrected chi connectivity index (χ2v) is 5.98. The van der Waals surface area contributed by atoms with E-state index in [0.29, 0.717) is 30.6 Å². The van der Waals surface area contributed by atoms with Gasteiger partial charge in [-0.1, -0.05) is 30.3 Å². The van der Waals surface area contributed by atoms with Gasteiger partial charge in [0.25, 0.3) is 0 Å². The zero-order valence-electron chi connectivity index (χ0n) is 14.2. The van der Waals surface area contributed by atoms with Gasteiger partial charge in [0.2, 0.25) is 5.78 Å². The molecule has 0 aliphatic carbocycles. The van der Waals surface area contributed by atoms with Crippen LogP contribution in [0.1, 0.15) is 34.6 Å². The number of aliphatic hydroxyl groups is 1. The highest BCUT2D eigenvalue weighted by molar-refractivity contribution is 6.08. The first-order valence-corrected chi connectivity index (χ1v) is 8.27. The maximum Gasteiger partial charge on any atom is 0.308 e. The number of carbonyl (C=O) groups excluding carboxylic acids is 1. The highest BCUT2D eigenvalue weighted by Crippen LogP contribution is 2.25. The summed E-state index contributed by atoms with van der Waals surface area (Å²) in [6.07, 6.45) is 0.920. The second-order valence-electron chi connectivity index (χ2n) is 5.98. The predicted octanol–water partition coefficient (Wildman–Crippen LogP) is 1.82. The SMILES string of the molecule is O=C(O)CCCO.O=C(c1ccccc1)c1ccc2n1CC(C(=O)O)C2. The van der Waals surface area contributed by atoms with Crippen LogP contribution in [0.2, 0.25) is 0 Å². The lowest BCUT2D eigenvalue weighted by molar-refractivity contribution is -0.141. The van der Waals surface area contributed by atoms with Crippen LogP contribution in [0, 0.1) is 5.92 Å². The third kappa shape index (κ3) is 4.80. The molecule has 7 heteroatoms. The van der Waals surface area contributed by atoms with E-state index in [0.717, 1.165) is 5.69 Å². The molecule has 0 saturated carbocycles. The molecule has 26 heavy (non-hydrogen) atoms. The lowest BCUT2D eigenvalue weighted by atomic mass is 10.1. The van der Waals surface area contributed by atoms with Crippen molar-refractivity contribution in [2.24, 2.45) is 5.92 Å². The molecule has 1 aliphatic rings. The number of aliphatic carboxylic acids is 2. The minimum atomic E-state index is -0.853. The Hall–Kier alpha value is -2.93. The standard InChI is InChI=1S/C15H13NO3.C4H8O3/c17-14(10-4-2-1-3-5-10)13-7-6-12-8-11(15(18)19)9-16(12)13;5-3-1-2-4(6)7/h1-7,11H,8-9H2,(H,18,19);5H,1-3H2,(H,6,7). The molecule has 2 heterocycles. The molecule has 0 bridgehead atoms. The smallest absolute Gasteiger partial charge is 0.308 e. The van der Waals surface area contributed by atoms with Crippen molar-refractivity contribution in [1.29, 1.82) is 0 Å². The number of nitrogens with zero attached hydrogens (tertiary/aromatic N) is 1. The lowest BCUT2D eigenvalue weighted by Gasteiger charge is -2.06. The van der Waals surface area contributed by atoms with Crippen LogP contribution in [-0.4, -0.2) is 44.2 Å². The molecule has 3 N–H and O–H groups in total. The average molecular weight is 359 g/mol. The molecule has 1 unspecified atom stereocenters. The maximum atomic E-state index is 12.4. The summed E-state index contributed by atoms with van der Waals surface area (Å²) in [5, 5.41) is 25.0. The van der Waals surface area contributed by atoms with Crippen LogP contribution in [0.5, 0.6) is 0 Å². The molecule has 138 valence electrons. The normalized spacial score (nSPS) is 14.9. The fourth-order valence-electron chi connectivity index (χ4n) is 2.77. The summed E-state index contributed by atoms with van der Waals surface area (Å²) in [6.45, 7) is 0.345. The fourth-order valence-corrected chi connectivity index (χ4v) is 2.77. The Kier molecular flexibility index (Phi) is 6.68. The average Bonchev–Trinajstić information content (AvgIpc) is 3.21. The van der Waals surface area contributed by atoms with Gasteiger partial charge in [0.1, 0.15) is 0 Å². The molecule has 1 aromatic heterocycles. The molecule has 1 aromatic carbocycles. The number of carboxylic acids is 2. The van der Waals surface area contributed by atoms with Crippen molar-refractivity contribution in [3.63, 3.8) is 0 Å². The molecular formula is C19H21NO6. The van der Waals surface area contributed by atoms with Gasteiger partial charge in [-0.15, -0.1) is 0 Å². The molecule has 0 saturated heterocycles. The number of hydrogen-bond acceptors (Lipinski definition) is 4. The number of hydrogen-bond donors (Lipinski definition) is 3. The Balaban J connectivity index is 0.000000298. The van der Waals surface area contributed by atoms with Gasteiger partial charge in [0.05, 0.1) is 11.6 Å². The fraction of sp³-hybridized carbons (Fsp3) is 0.316. The number of aromatic nitrogens is 1. The van der Waals surface area contributed by atoms with Crippen LogP contribution in [-0.2, 0) is 22.6 Å². The molecule has 1 atom stereocenters. The number of ketones is 1. The van der Waals surface area contributed by atoms with Crippen molar-refractivity contribution in [2.75, 3.05) is 6.61 Å². The van der Waals surface area contributed by atoms with E-state index >= 15 is 0 Å². The van der Waals surface area contributed by atoms with Crippen LogP contribution < -0.4 is 0 Å². The second kappa shape index (κ2) is 8.96. The van der Waals surface area contributed by atoms with Crippen molar-refractivity contribution < 1.29 is 29.7 Å². The zero-order chi connectivity index (χ0) is 19.1. The van der Waals surface area contributed by atoms with Crippen LogP contribution in [0.4, 0.5) is 0 Å². The van der Waals surface area contributed by atoms with Crippen LogP contribution >= 0.6 is 0 Å². The van der Waals surface area contributed by atoms with Gasteiger partial charge in [-0.3, -0.25) is 14.4 Å². The monoisotopic (exact) mass is 359 g/mol. The summed E-state index contributed by atoms with van der Waals surface area (Å²) >= 11 is 0. The predicted molar refractivity (Wildman–Crippen MR) is 93.1 cm³/mol. The molecule has 2 aromatic rings. The molecule has 1 aliphatic heterocycles. The Labute approximate surface area is 150 Å². The number of rotatable bonds is 6. The van der Waals surface area contributed by atoms with Crippen molar-refractivity contribution in [2.45, 2.75) is 25.8 Å². The molecule has 7 nitrogen and oxygen atoms in total. The number of fused-ring (bicyclic) bond motifs is 1. The summed E-state index contributed by atoms with van der Waals surface area (Å²) in [4.78, 5) is 33.0. The van der Waals surface area contributed by atoms with Crippen molar-refractivity contribution in [3.05, 3.63) is 59.4 Å². The van der Waals surface area contributed by atoms with E-state index in [1.54, 1.807) is 18.2 Å². The van der Waals surface area contributed by atoms with Gasteiger partial charge in [0, 0.05) is 37.3 Å². The zero-order valence-corrected chi connectivity index (χ0v) is 14.2. The van der Waals surface area contributed by atoms with Gasteiger partial charge in [-0.2, -0.15) is 0 Å². The summed E-state index contributed by atoms with van der Waals surface area (Å²) in [5.41, 5.74) is 2.12. The Bertz CT molecular complexity index is 781. The van der Waals surface area contributed by atoms with Crippen LogP contribution in [0.15, 0.2) is 42.5 Å². The highest BCUT2D eigenvalue weighted by Gasteiger charge is 2.30. The molecule has 3 rings (SSSR count). The van der Waals surface area contributed by atoms with Gasteiger partial charge in [-0.05, 0) is 18.6 Å². The number of carbonyl (C=O) groups is 3. The molecule has 0 spiro atoms. The summed E-state index contributed by atoms with van der Waals surface area (Å²) < 4.78 is 1.83. The summed E-state index contributed by atoms with van der Waals surface area (Å²) in [7, 11) is 0. The first-order chi connectivity index (χ1) is 12.4. The van der Waals surface area contributed by atoms with E-state index in [1.807, 2.05) is 28.8 Å². The Morgan fingerprint density at radius 1 is 1.04 bits per heavy atom.